The van der Waals surface area contributed by atoms with E-state index in [1.165, 1.54) is 18.5 Å². The van der Waals surface area contributed by atoms with Crippen molar-refractivity contribution in [3.63, 3.8) is 0 Å². The van der Waals surface area contributed by atoms with E-state index < -0.39 is 35.6 Å². The molecule has 0 aliphatic carbocycles. The zero-order chi connectivity index (χ0) is 19.6. The van der Waals surface area contributed by atoms with Gasteiger partial charge in [-0.2, -0.15) is 5.26 Å². The van der Waals surface area contributed by atoms with Gasteiger partial charge in [-0.3, -0.25) is 14.2 Å². The molecule has 0 radical (unpaired) electrons. The normalized spacial score (nSPS) is 11.7. The van der Waals surface area contributed by atoms with Crippen LogP contribution in [0.2, 0.25) is 0 Å². The number of halogens is 1. The number of aromatic nitrogens is 4. The molecule has 0 bridgehead atoms. The van der Waals surface area contributed by atoms with Gasteiger partial charge in [0.25, 0.3) is 5.56 Å². The van der Waals surface area contributed by atoms with E-state index in [9.17, 15) is 18.8 Å². The molecule has 0 saturated heterocycles. The molecule has 1 atom stereocenters. The number of fused-ring (bicyclic) bond motifs is 1. The number of hydrogen-bond donors (Lipinski definition) is 2. The summed E-state index contributed by atoms with van der Waals surface area (Å²) in [7, 11) is 0. The number of H-pyrrole nitrogens is 1. The van der Waals surface area contributed by atoms with Crippen LogP contribution in [0.4, 0.5) is 4.39 Å². The van der Waals surface area contributed by atoms with Crippen molar-refractivity contribution in [3.05, 3.63) is 68.6 Å². The highest BCUT2D eigenvalue weighted by Crippen LogP contribution is 2.10. The molecular formula is C17H13FN6O3. The van der Waals surface area contributed by atoms with E-state index in [0.717, 1.165) is 12.1 Å². The van der Waals surface area contributed by atoms with Crippen LogP contribution in [0.1, 0.15) is 24.4 Å². The highest BCUT2D eigenvalue weighted by atomic mass is 19.1. The first kappa shape index (κ1) is 17.9. The molecule has 27 heavy (non-hydrogen) atoms. The Kier molecular flexibility index (Phi) is 4.76. The Labute approximate surface area is 151 Å². The summed E-state index contributed by atoms with van der Waals surface area (Å²) in [5.41, 5.74) is -0.809. The summed E-state index contributed by atoms with van der Waals surface area (Å²) in [6.07, 6.45) is 2.79. The Morgan fingerprint density at radius 2 is 2.07 bits per heavy atom. The molecule has 2 aromatic heterocycles. The summed E-state index contributed by atoms with van der Waals surface area (Å²) in [5.74, 6) is -1.23. The Morgan fingerprint density at radius 3 is 2.74 bits per heavy atom. The predicted molar refractivity (Wildman–Crippen MR) is 92.1 cm³/mol. The fraction of sp³-hybridized carbons (Fsp3) is 0.176. The van der Waals surface area contributed by atoms with Gasteiger partial charge in [0.15, 0.2) is 0 Å². The van der Waals surface area contributed by atoms with Crippen LogP contribution in [0.15, 0.2) is 40.2 Å². The smallest absolute Gasteiger partial charge is 0.329 e. The Morgan fingerprint density at radius 1 is 1.37 bits per heavy atom. The maximum Gasteiger partial charge on any atom is 0.329 e. The largest absolute Gasteiger partial charge is 0.348 e. The van der Waals surface area contributed by atoms with Crippen molar-refractivity contribution in [3.8, 4) is 6.07 Å². The van der Waals surface area contributed by atoms with Gasteiger partial charge in [0.2, 0.25) is 11.7 Å². The maximum absolute atomic E-state index is 13.4. The molecule has 0 aliphatic heterocycles. The fourth-order valence-corrected chi connectivity index (χ4v) is 2.50. The second-order valence-corrected chi connectivity index (χ2v) is 5.75. The van der Waals surface area contributed by atoms with Crippen molar-refractivity contribution >= 4 is 16.8 Å². The summed E-state index contributed by atoms with van der Waals surface area (Å²) < 4.78 is 14.1. The first-order valence-corrected chi connectivity index (χ1v) is 7.83. The lowest BCUT2D eigenvalue weighted by Gasteiger charge is -2.14. The van der Waals surface area contributed by atoms with Crippen LogP contribution in [0, 0.1) is 17.1 Å². The van der Waals surface area contributed by atoms with E-state index in [-0.39, 0.29) is 16.7 Å². The van der Waals surface area contributed by atoms with Gasteiger partial charge in [-0.15, -0.1) is 0 Å². The zero-order valence-electron chi connectivity index (χ0n) is 14.1. The molecule has 3 aromatic rings. The molecule has 0 aliphatic rings. The van der Waals surface area contributed by atoms with Crippen molar-refractivity contribution in [2.24, 2.45) is 0 Å². The quantitative estimate of drug-likeness (QED) is 0.683. The van der Waals surface area contributed by atoms with Crippen molar-refractivity contribution in [1.29, 1.82) is 5.26 Å². The molecule has 2 N–H and O–H groups in total. The van der Waals surface area contributed by atoms with Crippen LogP contribution >= 0.6 is 0 Å². The van der Waals surface area contributed by atoms with Crippen LogP contribution in [-0.2, 0) is 11.3 Å². The summed E-state index contributed by atoms with van der Waals surface area (Å²) in [6, 6.07) is 4.67. The number of nitrogens with zero attached hydrogens (tertiary/aromatic N) is 4. The molecular weight excluding hydrogens is 355 g/mol. The van der Waals surface area contributed by atoms with Crippen LogP contribution < -0.4 is 16.6 Å². The number of carbonyl (C=O) groups excluding carboxylic acids is 1. The van der Waals surface area contributed by atoms with E-state index in [4.69, 9.17) is 5.26 Å². The summed E-state index contributed by atoms with van der Waals surface area (Å²) >= 11 is 0. The number of rotatable bonds is 4. The van der Waals surface area contributed by atoms with Gasteiger partial charge in [0.05, 0.1) is 16.9 Å². The van der Waals surface area contributed by atoms with E-state index >= 15 is 0 Å². The third kappa shape index (κ3) is 3.72. The number of benzene rings is 1. The molecule has 1 aromatic carbocycles. The minimum atomic E-state index is -0.774. The number of carbonyl (C=O) groups is 1. The first-order valence-electron chi connectivity index (χ1n) is 7.83. The summed E-state index contributed by atoms with van der Waals surface area (Å²) in [6.45, 7) is 1.12. The number of amides is 1. The summed E-state index contributed by atoms with van der Waals surface area (Å²) in [5, 5.41) is 11.3. The van der Waals surface area contributed by atoms with Crippen molar-refractivity contribution < 1.29 is 9.18 Å². The lowest BCUT2D eigenvalue weighted by molar-refractivity contribution is -0.122. The number of hydrogen-bond acceptors (Lipinski definition) is 6. The number of aromatic amines is 1. The van der Waals surface area contributed by atoms with Crippen LogP contribution in [0.5, 0.6) is 0 Å². The van der Waals surface area contributed by atoms with E-state index in [1.807, 2.05) is 0 Å². The second-order valence-electron chi connectivity index (χ2n) is 5.75. The SMILES string of the molecule is C[C@H](NC(=O)Cn1c(=O)[nH]c2ccc(F)cc2c1=O)c1cnc(C#N)nc1. The van der Waals surface area contributed by atoms with Gasteiger partial charge in [0, 0.05) is 18.0 Å². The van der Waals surface area contributed by atoms with Gasteiger partial charge >= 0.3 is 5.69 Å². The van der Waals surface area contributed by atoms with Crippen LogP contribution in [0.25, 0.3) is 10.9 Å². The van der Waals surface area contributed by atoms with Gasteiger partial charge in [-0.05, 0) is 25.1 Å². The molecule has 2 heterocycles. The predicted octanol–water partition coefficient (Wildman–Crippen LogP) is 0.368. The second kappa shape index (κ2) is 7.17. The van der Waals surface area contributed by atoms with Gasteiger partial charge in [0.1, 0.15) is 18.4 Å². The van der Waals surface area contributed by atoms with Gasteiger partial charge in [-0.1, -0.05) is 0 Å². The van der Waals surface area contributed by atoms with Gasteiger partial charge in [-0.25, -0.2) is 19.2 Å². The topological polar surface area (TPSA) is 134 Å². The average molecular weight is 368 g/mol. The van der Waals surface area contributed by atoms with Gasteiger partial charge < -0.3 is 10.3 Å². The maximum atomic E-state index is 13.4. The van der Waals surface area contributed by atoms with Crippen LogP contribution in [-0.4, -0.2) is 25.4 Å². The molecule has 9 nitrogen and oxygen atoms in total. The molecule has 3 rings (SSSR count). The first-order chi connectivity index (χ1) is 12.9. The zero-order valence-corrected chi connectivity index (χ0v) is 14.1. The van der Waals surface area contributed by atoms with Crippen molar-refractivity contribution in [1.82, 2.24) is 24.8 Å². The van der Waals surface area contributed by atoms with E-state index in [0.29, 0.717) is 10.1 Å². The molecule has 1 amide bonds. The lowest BCUT2D eigenvalue weighted by atomic mass is 10.2. The third-order valence-corrected chi connectivity index (χ3v) is 3.89. The Balaban J connectivity index is 1.82. The minimum Gasteiger partial charge on any atom is -0.348 e. The number of nitrogens with one attached hydrogen (secondary N) is 2. The number of nitriles is 1. The average Bonchev–Trinajstić information content (AvgIpc) is 2.66. The molecule has 136 valence electrons. The molecule has 0 fully saturated rings. The van der Waals surface area contributed by atoms with Crippen molar-refractivity contribution in [2.75, 3.05) is 0 Å². The van der Waals surface area contributed by atoms with Crippen molar-refractivity contribution in [2.45, 2.75) is 19.5 Å². The monoisotopic (exact) mass is 368 g/mol. The van der Waals surface area contributed by atoms with Crippen LogP contribution in [0.3, 0.4) is 0 Å². The standard InChI is InChI=1S/C17H13FN6O3/c1-9(10-6-20-14(5-19)21-7-10)22-15(25)8-24-16(26)12-4-11(18)2-3-13(12)23-17(24)27/h2-4,6-7,9H,8H2,1H3,(H,22,25)(H,23,27)/t9-/m0/s1. The molecule has 0 unspecified atom stereocenters. The molecule has 10 heteroatoms. The Bertz CT molecular complexity index is 1180. The third-order valence-electron chi connectivity index (χ3n) is 3.89. The highest BCUT2D eigenvalue weighted by molar-refractivity contribution is 5.79. The summed E-state index contributed by atoms with van der Waals surface area (Å²) in [4.78, 5) is 46.8. The van der Waals surface area contributed by atoms with E-state index in [2.05, 4.69) is 20.3 Å². The highest BCUT2D eigenvalue weighted by Gasteiger charge is 2.15. The fourth-order valence-electron chi connectivity index (χ4n) is 2.50. The Hall–Kier alpha value is -3.87. The van der Waals surface area contributed by atoms with E-state index in [1.54, 1.807) is 13.0 Å². The molecule has 0 spiro atoms. The molecule has 0 saturated carbocycles. The minimum absolute atomic E-state index is 0.00115. The lowest BCUT2D eigenvalue weighted by Crippen LogP contribution is -2.41.